The molecule has 0 aliphatic carbocycles. The van der Waals surface area contributed by atoms with Gasteiger partial charge in [0, 0.05) is 48.6 Å². The van der Waals surface area contributed by atoms with Crippen LogP contribution < -0.4 is 10.2 Å². The molecule has 24 heavy (non-hydrogen) atoms. The van der Waals surface area contributed by atoms with Gasteiger partial charge in [-0.05, 0) is 38.1 Å². The molecule has 1 aliphatic rings. The molecule has 0 amide bonds. The Morgan fingerprint density at radius 3 is 2.54 bits per heavy atom. The van der Waals surface area contributed by atoms with Gasteiger partial charge in [-0.15, -0.1) is 0 Å². The monoisotopic (exact) mass is 345 g/mol. The number of anilines is 3. The van der Waals surface area contributed by atoms with Crippen LogP contribution in [0.4, 0.5) is 17.5 Å². The van der Waals surface area contributed by atoms with Crippen LogP contribution in [0.15, 0.2) is 24.3 Å². The number of piperazine rings is 1. The van der Waals surface area contributed by atoms with Crippen molar-refractivity contribution >= 4 is 29.1 Å². The molecular formula is C18H24ClN5. The summed E-state index contributed by atoms with van der Waals surface area (Å²) in [7, 11) is 0. The topological polar surface area (TPSA) is 44.3 Å². The maximum absolute atomic E-state index is 6.11. The first-order valence-electron chi connectivity index (χ1n) is 8.41. The van der Waals surface area contributed by atoms with E-state index in [9.17, 15) is 0 Å². The molecule has 0 bridgehead atoms. The van der Waals surface area contributed by atoms with E-state index in [-0.39, 0.29) is 0 Å². The number of nitrogens with zero attached hydrogens (tertiary/aromatic N) is 4. The molecule has 3 rings (SSSR count). The molecule has 1 aromatic heterocycles. The molecule has 0 unspecified atom stereocenters. The molecule has 1 aromatic carbocycles. The Bertz CT molecular complexity index is 711. The van der Waals surface area contributed by atoms with Crippen molar-refractivity contribution in [2.24, 2.45) is 0 Å². The highest BCUT2D eigenvalue weighted by atomic mass is 35.5. The number of hydrogen-bond acceptors (Lipinski definition) is 5. The van der Waals surface area contributed by atoms with Crippen LogP contribution in [0.1, 0.15) is 18.2 Å². The van der Waals surface area contributed by atoms with E-state index < -0.39 is 0 Å². The Morgan fingerprint density at radius 1 is 1.08 bits per heavy atom. The van der Waals surface area contributed by atoms with Crippen LogP contribution in [0.5, 0.6) is 0 Å². The van der Waals surface area contributed by atoms with E-state index in [1.807, 2.05) is 31.2 Å². The van der Waals surface area contributed by atoms with Gasteiger partial charge in [-0.2, -0.15) is 4.98 Å². The minimum atomic E-state index is 0.713. The third kappa shape index (κ3) is 3.97. The Kier molecular flexibility index (Phi) is 5.21. The summed E-state index contributed by atoms with van der Waals surface area (Å²) in [4.78, 5) is 14.0. The van der Waals surface area contributed by atoms with Gasteiger partial charge in [0.25, 0.3) is 0 Å². The van der Waals surface area contributed by atoms with Gasteiger partial charge in [0.15, 0.2) is 0 Å². The van der Waals surface area contributed by atoms with E-state index in [0.717, 1.165) is 61.4 Å². The summed E-state index contributed by atoms with van der Waals surface area (Å²) in [5, 5.41) is 4.09. The summed E-state index contributed by atoms with van der Waals surface area (Å²) in [6.07, 6.45) is 0. The Morgan fingerprint density at radius 2 is 1.83 bits per heavy atom. The van der Waals surface area contributed by atoms with Crippen molar-refractivity contribution in [2.45, 2.75) is 20.8 Å². The average Bonchev–Trinajstić information content (AvgIpc) is 2.58. The lowest BCUT2D eigenvalue weighted by molar-refractivity contribution is 0.270. The summed E-state index contributed by atoms with van der Waals surface area (Å²) in [5.74, 6) is 1.61. The maximum Gasteiger partial charge on any atom is 0.227 e. The smallest absolute Gasteiger partial charge is 0.227 e. The fourth-order valence-corrected chi connectivity index (χ4v) is 3.06. The normalized spacial score (nSPS) is 15.6. The standard InChI is InChI=1S/C18H24ClN5/c1-4-23-7-9-24(10-8-23)18-20-14(3)11-17(22-18)21-16-12-15(19)6-5-13(16)2/h5-6,11-12H,4,7-10H2,1-3H3,(H,20,21,22). The minimum absolute atomic E-state index is 0.713. The Hall–Kier alpha value is -1.85. The van der Waals surface area contributed by atoms with Gasteiger partial charge in [-0.3, -0.25) is 0 Å². The third-order valence-electron chi connectivity index (χ3n) is 4.41. The van der Waals surface area contributed by atoms with Crippen molar-refractivity contribution < 1.29 is 0 Å². The van der Waals surface area contributed by atoms with Gasteiger partial charge >= 0.3 is 0 Å². The van der Waals surface area contributed by atoms with E-state index in [1.165, 1.54) is 0 Å². The molecule has 128 valence electrons. The first kappa shape index (κ1) is 17.0. The van der Waals surface area contributed by atoms with E-state index in [4.69, 9.17) is 16.6 Å². The number of nitrogens with one attached hydrogen (secondary N) is 1. The van der Waals surface area contributed by atoms with Crippen LogP contribution in [0, 0.1) is 13.8 Å². The molecule has 2 heterocycles. The largest absolute Gasteiger partial charge is 0.340 e. The molecule has 0 saturated carbocycles. The molecule has 5 nitrogen and oxygen atoms in total. The highest BCUT2D eigenvalue weighted by Gasteiger charge is 2.18. The minimum Gasteiger partial charge on any atom is -0.340 e. The van der Waals surface area contributed by atoms with E-state index in [1.54, 1.807) is 0 Å². The van der Waals surface area contributed by atoms with Crippen molar-refractivity contribution in [1.82, 2.24) is 14.9 Å². The molecule has 2 aromatic rings. The van der Waals surface area contributed by atoms with Gasteiger partial charge in [0.05, 0.1) is 0 Å². The Balaban J connectivity index is 1.80. The second kappa shape index (κ2) is 7.36. The van der Waals surface area contributed by atoms with Crippen LogP contribution in [0.2, 0.25) is 5.02 Å². The molecule has 1 aliphatic heterocycles. The number of aryl methyl sites for hydroxylation is 2. The van der Waals surface area contributed by atoms with E-state index >= 15 is 0 Å². The summed E-state index contributed by atoms with van der Waals surface area (Å²) < 4.78 is 0. The lowest BCUT2D eigenvalue weighted by Gasteiger charge is -2.34. The molecule has 0 radical (unpaired) electrons. The van der Waals surface area contributed by atoms with Crippen molar-refractivity contribution in [3.8, 4) is 0 Å². The highest BCUT2D eigenvalue weighted by molar-refractivity contribution is 6.30. The van der Waals surface area contributed by atoms with Gasteiger partial charge in [0.1, 0.15) is 5.82 Å². The fourth-order valence-electron chi connectivity index (χ4n) is 2.89. The lowest BCUT2D eigenvalue weighted by atomic mass is 10.2. The first-order chi connectivity index (χ1) is 11.5. The molecule has 0 spiro atoms. The third-order valence-corrected chi connectivity index (χ3v) is 4.64. The molecule has 1 N–H and O–H groups in total. The van der Waals surface area contributed by atoms with Crippen LogP contribution >= 0.6 is 11.6 Å². The van der Waals surface area contributed by atoms with Crippen LogP contribution in [0.25, 0.3) is 0 Å². The van der Waals surface area contributed by atoms with Gasteiger partial charge in [-0.25, -0.2) is 4.98 Å². The van der Waals surface area contributed by atoms with E-state index in [2.05, 4.69) is 33.9 Å². The second-order valence-electron chi connectivity index (χ2n) is 6.20. The summed E-state index contributed by atoms with van der Waals surface area (Å²) >= 11 is 6.11. The maximum atomic E-state index is 6.11. The molecule has 1 saturated heterocycles. The quantitative estimate of drug-likeness (QED) is 0.916. The number of benzene rings is 1. The summed E-state index contributed by atoms with van der Waals surface area (Å²) in [6, 6.07) is 7.79. The van der Waals surface area contributed by atoms with Crippen molar-refractivity contribution in [1.29, 1.82) is 0 Å². The van der Waals surface area contributed by atoms with Crippen LogP contribution in [0.3, 0.4) is 0 Å². The number of hydrogen-bond donors (Lipinski definition) is 1. The van der Waals surface area contributed by atoms with Crippen molar-refractivity contribution in [2.75, 3.05) is 42.9 Å². The second-order valence-corrected chi connectivity index (χ2v) is 6.64. The molecule has 6 heteroatoms. The fraction of sp³-hybridized carbons (Fsp3) is 0.444. The zero-order chi connectivity index (χ0) is 17.1. The Labute approximate surface area is 148 Å². The SMILES string of the molecule is CCN1CCN(c2nc(C)cc(Nc3cc(Cl)ccc3C)n2)CC1. The predicted molar refractivity (Wildman–Crippen MR) is 101 cm³/mol. The summed E-state index contributed by atoms with van der Waals surface area (Å²) in [5.41, 5.74) is 3.07. The number of rotatable bonds is 4. The summed E-state index contributed by atoms with van der Waals surface area (Å²) in [6.45, 7) is 11.4. The zero-order valence-electron chi connectivity index (χ0n) is 14.5. The lowest BCUT2D eigenvalue weighted by Crippen LogP contribution is -2.46. The number of likely N-dealkylation sites (N-methyl/N-ethyl adjacent to an activating group) is 1. The van der Waals surface area contributed by atoms with Gasteiger partial charge in [-0.1, -0.05) is 24.6 Å². The molecule has 1 fully saturated rings. The van der Waals surface area contributed by atoms with Crippen LogP contribution in [-0.2, 0) is 0 Å². The molecule has 0 atom stereocenters. The van der Waals surface area contributed by atoms with E-state index in [0.29, 0.717) is 5.02 Å². The van der Waals surface area contributed by atoms with Gasteiger partial charge in [0.2, 0.25) is 5.95 Å². The van der Waals surface area contributed by atoms with Crippen LogP contribution in [-0.4, -0.2) is 47.6 Å². The molecular weight excluding hydrogens is 322 g/mol. The zero-order valence-corrected chi connectivity index (χ0v) is 15.3. The number of halogens is 1. The average molecular weight is 346 g/mol. The van der Waals surface area contributed by atoms with Crippen molar-refractivity contribution in [3.63, 3.8) is 0 Å². The highest BCUT2D eigenvalue weighted by Crippen LogP contribution is 2.24. The predicted octanol–water partition coefficient (Wildman–Crippen LogP) is 3.63. The number of aromatic nitrogens is 2. The van der Waals surface area contributed by atoms with Crippen molar-refractivity contribution in [3.05, 3.63) is 40.5 Å². The van der Waals surface area contributed by atoms with Gasteiger partial charge < -0.3 is 15.1 Å². The first-order valence-corrected chi connectivity index (χ1v) is 8.79.